The van der Waals surface area contributed by atoms with Crippen molar-refractivity contribution < 1.29 is 53.7 Å². The molecule has 2 atom stereocenters. The molecule has 3 heterocycles. The summed E-state index contributed by atoms with van der Waals surface area (Å²) in [4.78, 5) is 83.4. The second-order valence-corrected chi connectivity index (χ2v) is 10.9. The van der Waals surface area contributed by atoms with Crippen LogP contribution in [0, 0.1) is 0 Å². The van der Waals surface area contributed by atoms with E-state index < -0.39 is 70.8 Å². The van der Waals surface area contributed by atoms with Crippen LogP contribution in [0.25, 0.3) is 0 Å². The summed E-state index contributed by atoms with van der Waals surface area (Å²) >= 11 is 2.12. The van der Waals surface area contributed by atoms with Crippen LogP contribution in [-0.4, -0.2) is 96.9 Å². The molecule has 1 saturated heterocycles. The number of aliphatic carboxylic acids is 1. The molecule has 1 aromatic carbocycles. The smallest absolute Gasteiger partial charge is 0.352 e. The summed E-state index contributed by atoms with van der Waals surface area (Å²) in [7, 11) is 0. The highest BCUT2D eigenvalue weighted by molar-refractivity contribution is 8.00. The Bertz CT molecular complexity index is 1610. The maximum Gasteiger partial charge on any atom is 0.352 e. The molecule has 0 saturated carbocycles. The molecule has 0 bridgehead atoms. The van der Waals surface area contributed by atoms with Gasteiger partial charge in [0.05, 0.1) is 0 Å². The Morgan fingerprint density at radius 1 is 1.18 bits per heavy atom. The van der Waals surface area contributed by atoms with E-state index in [1.807, 2.05) is 5.43 Å². The third kappa shape index (κ3) is 6.98. The van der Waals surface area contributed by atoms with E-state index >= 15 is 0 Å². The fraction of sp³-hybridized carbons (Fsp3) is 0.250. The normalized spacial score (nSPS) is 17.6. The molecule has 0 aliphatic carbocycles. The number of phenols is 2. The van der Waals surface area contributed by atoms with Crippen LogP contribution in [0.3, 0.4) is 0 Å². The zero-order valence-electron chi connectivity index (χ0n) is 22.4. The number of hydrazine groups is 1. The minimum absolute atomic E-state index is 0.0411. The fourth-order valence-corrected chi connectivity index (χ4v) is 5.72. The fourth-order valence-electron chi connectivity index (χ4n) is 3.85. The number of fused-ring (bicyclic) bond motifs is 1. The number of carboxylic acid groups (broad SMARTS) is 1. The predicted molar refractivity (Wildman–Crippen MR) is 151 cm³/mol. The van der Waals surface area contributed by atoms with Crippen molar-refractivity contribution >= 4 is 69.5 Å². The summed E-state index contributed by atoms with van der Waals surface area (Å²) in [5.74, 6) is -6.30. The highest BCUT2D eigenvalue weighted by Crippen LogP contribution is 2.40. The number of hydrogen-bond donors (Lipinski definition) is 7. The zero-order chi connectivity index (χ0) is 32.1. The molecular formula is C24H23N7O11S2. The Hall–Kier alpha value is -5.37. The Kier molecular flexibility index (Phi) is 9.54. The van der Waals surface area contributed by atoms with Gasteiger partial charge >= 0.3 is 11.9 Å². The summed E-state index contributed by atoms with van der Waals surface area (Å²) in [6.45, 7) is 0.0640. The number of nitrogen functional groups attached to an aromatic ring is 1. The number of aromatic hydroxyl groups is 2. The van der Waals surface area contributed by atoms with E-state index in [2.05, 4.69) is 20.9 Å². The number of aromatic nitrogens is 1. The molecule has 2 aliphatic heterocycles. The third-order valence-electron chi connectivity index (χ3n) is 5.87. The molecule has 0 radical (unpaired) electrons. The van der Waals surface area contributed by atoms with Gasteiger partial charge in [0.2, 0.25) is 0 Å². The van der Waals surface area contributed by atoms with Gasteiger partial charge in [-0.25, -0.2) is 9.78 Å². The molecule has 4 rings (SSSR count). The number of carboxylic acids is 1. The van der Waals surface area contributed by atoms with Crippen LogP contribution in [0.4, 0.5) is 5.13 Å². The second kappa shape index (κ2) is 13.3. The van der Waals surface area contributed by atoms with Crippen LogP contribution in [0.2, 0.25) is 0 Å². The van der Waals surface area contributed by atoms with E-state index in [0.717, 1.165) is 47.1 Å². The van der Waals surface area contributed by atoms with Crippen molar-refractivity contribution in [2.45, 2.75) is 18.3 Å². The molecule has 1 fully saturated rings. The average molecular weight is 650 g/mol. The number of benzene rings is 1. The molecule has 1 aromatic heterocycles. The van der Waals surface area contributed by atoms with Gasteiger partial charge in [0, 0.05) is 29.2 Å². The van der Waals surface area contributed by atoms with Gasteiger partial charge in [-0.3, -0.25) is 39.7 Å². The van der Waals surface area contributed by atoms with Crippen molar-refractivity contribution in [2.24, 2.45) is 5.16 Å². The number of nitrogens with zero attached hydrogens (tertiary/aromatic N) is 3. The van der Waals surface area contributed by atoms with Crippen molar-refractivity contribution in [3.05, 3.63) is 46.1 Å². The maximum atomic E-state index is 13.2. The lowest BCUT2D eigenvalue weighted by molar-refractivity contribution is -0.150. The standard InChI is InChI=1S/C24H23N7O11S2/c1-9(32)41-5-11-7-43-22-17(21(38)31(22)18(11)23(39)40)27-20(37)16(12-8-44-24(25)26-12)30-42-6-15(35)28-29-19(36)10-2-3-13(33)14(34)4-10/h2-4,8,17,22,33-34H,5-7H2,1H3,(H2,25,26)(H,27,37)(H,28,35)(H,29,36)(H,39,40)/t17?,22-/m1/s1. The molecule has 0 spiro atoms. The number of carbonyl (C=O) groups excluding carboxylic acids is 5. The number of amides is 4. The quantitative estimate of drug-likeness (QED) is 0.0514. The van der Waals surface area contributed by atoms with Crippen molar-refractivity contribution in [3.63, 3.8) is 0 Å². The van der Waals surface area contributed by atoms with Crippen LogP contribution < -0.4 is 21.9 Å². The first-order valence-corrected chi connectivity index (χ1v) is 14.2. The van der Waals surface area contributed by atoms with Crippen LogP contribution in [-0.2, 0) is 33.5 Å². The summed E-state index contributed by atoms with van der Waals surface area (Å²) in [6, 6.07) is 2.09. The Morgan fingerprint density at radius 2 is 1.93 bits per heavy atom. The van der Waals surface area contributed by atoms with Crippen LogP contribution in [0.15, 0.2) is 40.0 Å². The number of oxime groups is 1. The molecule has 8 N–H and O–H groups in total. The zero-order valence-corrected chi connectivity index (χ0v) is 24.1. The van der Waals surface area contributed by atoms with Gasteiger partial charge in [-0.1, -0.05) is 5.16 Å². The van der Waals surface area contributed by atoms with Crippen molar-refractivity contribution in [1.29, 1.82) is 0 Å². The van der Waals surface area contributed by atoms with Gasteiger partial charge in [-0.05, 0) is 18.2 Å². The SMILES string of the molecule is CC(=O)OCC1=C(C(=O)O)N2C(=O)C(NC(=O)C(=NOCC(=O)NNC(=O)c3ccc(O)c(O)c3)c3csc(N)n3)[C@H]2SC1. The number of nitrogens with two attached hydrogens (primary N) is 1. The third-order valence-corrected chi connectivity index (χ3v) is 7.88. The highest BCUT2D eigenvalue weighted by Gasteiger charge is 2.54. The van der Waals surface area contributed by atoms with Crippen LogP contribution in [0.1, 0.15) is 23.0 Å². The van der Waals surface area contributed by atoms with Crippen molar-refractivity contribution in [3.8, 4) is 11.5 Å². The molecule has 2 aromatic rings. The summed E-state index contributed by atoms with van der Waals surface area (Å²) in [6.07, 6.45) is 0. The lowest BCUT2D eigenvalue weighted by Gasteiger charge is -2.49. The number of nitrogens with one attached hydrogen (secondary N) is 3. The average Bonchev–Trinajstić information content (AvgIpc) is 3.41. The van der Waals surface area contributed by atoms with Crippen molar-refractivity contribution in [1.82, 2.24) is 26.1 Å². The number of hydrogen-bond acceptors (Lipinski definition) is 15. The van der Waals surface area contributed by atoms with E-state index in [1.54, 1.807) is 0 Å². The molecule has 20 heteroatoms. The topological polar surface area (TPSA) is 272 Å². The lowest BCUT2D eigenvalue weighted by Crippen LogP contribution is -2.71. The first-order chi connectivity index (χ1) is 20.9. The first kappa shape index (κ1) is 31.6. The Labute approximate surface area is 254 Å². The van der Waals surface area contributed by atoms with Gasteiger partial charge in [0.25, 0.3) is 23.6 Å². The molecule has 44 heavy (non-hydrogen) atoms. The number of thioether (sulfide) groups is 1. The van der Waals surface area contributed by atoms with E-state index in [1.165, 1.54) is 11.4 Å². The number of thiazole rings is 1. The largest absolute Gasteiger partial charge is 0.504 e. The number of carbonyl (C=O) groups is 6. The summed E-state index contributed by atoms with van der Waals surface area (Å²) in [5, 5.41) is 35.3. The number of β-lactam (4-membered cyclic amide) rings is 1. The lowest BCUT2D eigenvalue weighted by atomic mass is 10.0. The molecule has 2 aliphatic rings. The van der Waals surface area contributed by atoms with Crippen LogP contribution >= 0.6 is 23.1 Å². The summed E-state index contributed by atoms with van der Waals surface area (Å²) < 4.78 is 4.89. The maximum absolute atomic E-state index is 13.2. The number of rotatable bonds is 10. The van der Waals surface area contributed by atoms with E-state index in [4.69, 9.17) is 15.3 Å². The highest BCUT2D eigenvalue weighted by atomic mass is 32.2. The van der Waals surface area contributed by atoms with Crippen molar-refractivity contribution in [2.75, 3.05) is 24.7 Å². The summed E-state index contributed by atoms with van der Waals surface area (Å²) in [5.41, 5.74) is 9.07. The number of phenolic OH excluding ortho intramolecular Hbond substituents is 2. The number of esters is 1. The number of anilines is 1. The Balaban J connectivity index is 1.39. The van der Waals surface area contributed by atoms with E-state index in [0.29, 0.717) is 0 Å². The van der Waals surface area contributed by atoms with Gasteiger partial charge in [-0.15, -0.1) is 23.1 Å². The van der Waals surface area contributed by atoms with Gasteiger partial charge in [0.15, 0.2) is 28.9 Å². The molecular weight excluding hydrogens is 626 g/mol. The predicted octanol–water partition coefficient (Wildman–Crippen LogP) is -1.38. The molecule has 18 nitrogen and oxygen atoms in total. The van der Waals surface area contributed by atoms with Gasteiger partial charge in [-0.2, -0.15) is 0 Å². The first-order valence-electron chi connectivity index (χ1n) is 12.2. The molecule has 4 amide bonds. The van der Waals surface area contributed by atoms with E-state index in [-0.39, 0.29) is 40.0 Å². The Morgan fingerprint density at radius 3 is 2.57 bits per heavy atom. The second-order valence-electron chi connectivity index (χ2n) is 8.89. The minimum atomic E-state index is -1.40. The monoisotopic (exact) mass is 649 g/mol. The minimum Gasteiger partial charge on any atom is -0.504 e. The molecule has 1 unspecified atom stereocenters. The van der Waals surface area contributed by atoms with E-state index in [9.17, 15) is 44.1 Å². The molecule has 232 valence electrons. The van der Waals surface area contributed by atoms with Crippen LogP contribution in [0.5, 0.6) is 11.5 Å². The van der Waals surface area contributed by atoms with Gasteiger partial charge < -0.3 is 35.9 Å². The van der Waals surface area contributed by atoms with Gasteiger partial charge in [0.1, 0.15) is 29.4 Å². The number of ether oxygens (including phenoxy) is 1.